The first-order valence-corrected chi connectivity index (χ1v) is 7.26. The van der Waals surface area contributed by atoms with E-state index in [9.17, 15) is 4.79 Å². The third kappa shape index (κ3) is 4.17. The number of primary amides is 1. The van der Waals surface area contributed by atoms with Crippen molar-refractivity contribution in [3.8, 4) is 11.1 Å². The maximum atomic E-state index is 11.6. The highest BCUT2D eigenvalue weighted by molar-refractivity contribution is 5.81. The summed E-state index contributed by atoms with van der Waals surface area (Å²) in [4.78, 5) is 11.6. The number of rotatable bonds is 6. The van der Waals surface area contributed by atoms with Gasteiger partial charge in [0.25, 0.3) is 0 Å². The highest BCUT2D eigenvalue weighted by Gasteiger charge is 2.17. The van der Waals surface area contributed by atoms with Gasteiger partial charge in [0.15, 0.2) is 0 Å². The van der Waals surface area contributed by atoms with E-state index in [1.165, 1.54) is 0 Å². The molecule has 3 heteroatoms. The molecule has 0 heterocycles. The Morgan fingerprint density at radius 3 is 2.10 bits per heavy atom. The van der Waals surface area contributed by atoms with Gasteiger partial charge in [0, 0.05) is 0 Å². The van der Waals surface area contributed by atoms with Gasteiger partial charge >= 0.3 is 0 Å². The Labute approximate surface area is 126 Å². The summed E-state index contributed by atoms with van der Waals surface area (Å²) in [6.07, 6.45) is 0. The lowest BCUT2D eigenvalue weighted by molar-refractivity contribution is -0.120. The monoisotopic (exact) mass is 282 g/mol. The molecule has 0 aromatic heterocycles. The highest BCUT2D eigenvalue weighted by Crippen LogP contribution is 2.22. The molecule has 0 aliphatic carbocycles. The second kappa shape index (κ2) is 7.04. The molecule has 3 N–H and O–H groups in total. The van der Waals surface area contributed by atoms with Gasteiger partial charge in [-0.05, 0) is 29.2 Å². The topological polar surface area (TPSA) is 55.1 Å². The molecule has 0 bridgehead atoms. The number of amides is 1. The molecule has 0 saturated carbocycles. The lowest BCUT2D eigenvalue weighted by Crippen LogP contribution is -2.35. The largest absolute Gasteiger partial charge is 0.368 e. The smallest absolute Gasteiger partial charge is 0.239 e. The van der Waals surface area contributed by atoms with E-state index in [0.717, 1.165) is 23.2 Å². The molecular weight excluding hydrogens is 260 g/mol. The van der Waals surface area contributed by atoms with E-state index in [0.29, 0.717) is 5.92 Å². The van der Waals surface area contributed by atoms with Gasteiger partial charge in [-0.1, -0.05) is 68.4 Å². The molecule has 2 rings (SSSR count). The quantitative estimate of drug-likeness (QED) is 0.855. The molecule has 1 amide bonds. The molecular formula is C18H22N2O. The van der Waals surface area contributed by atoms with Crippen LogP contribution in [0.15, 0.2) is 54.6 Å². The minimum atomic E-state index is -0.433. The van der Waals surface area contributed by atoms with Gasteiger partial charge in [0.1, 0.15) is 6.04 Å². The fourth-order valence-electron chi connectivity index (χ4n) is 2.23. The van der Waals surface area contributed by atoms with Crippen LogP contribution in [0.5, 0.6) is 0 Å². The Balaban J connectivity index is 2.18. The van der Waals surface area contributed by atoms with E-state index in [-0.39, 0.29) is 5.91 Å². The fraction of sp³-hybridized carbons (Fsp3) is 0.278. The Morgan fingerprint density at radius 1 is 1.00 bits per heavy atom. The molecule has 1 atom stereocenters. The number of benzene rings is 2. The van der Waals surface area contributed by atoms with Gasteiger partial charge in [0.2, 0.25) is 5.91 Å². The number of hydrogen-bond donors (Lipinski definition) is 2. The van der Waals surface area contributed by atoms with Crippen molar-refractivity contribution in [1.29, 1.82) is 0 Å². The first-order valence-electron chi connectivity index (χ1n) is 7.26. The lowest BCUT2D eigenvalue weighted by Gasteiger charge is -2.17. The Hall–Kier alpha value is -2.13. The number of carbonyl (C=O) groups is 1. The van der Waals surface area contributed by atoms with E-state index >= 15 is 0 Å². The second-order valence-electron chi connectivity index (χ2n) is 5.63. The standard InChI is InChI=1S/C18H22N2O/c1-13(2)12-20-17(18(19)21)16-10-8-15(9-11-16)14-6-4-3-5-7-14/h3-11,13,17,20H,12H2,1-2H3,(H2,19,21). The molecule has 3 nitrogen and oxygen atoms in total. The van der Waals surface area contributed by atoms with Crippen LogP contribution in [0.25, 0.3) is 11.1 Å². The van der Waals surface area contributed by atoms with E-state index in [4.69, 9.17) is 5.73 Å². The summed E-state index contributed by atoms with van der Waals surface area (Å²) < 4.78 is 0. The molecule has 0 aliphatic heterocycles. The summed E-state index contributed by atoms with van der Waals surface area (Å²) in [6.45, 7) is 4.96. The highest BCUT2D eigenvalue weighted by atomic mass is 16.1. The zero-order valence-corrected chi connectivity index (χ0v) is 12.5. The van der Waals surface area contributed by atoms with Crippen LogP contribution in [0.2, 0.25) is 0 Å². The molecule has 21 heavy (non-hydrogen) atoms. The lowest BCUT2D eigenvalue weighted by atomic mass is 10.00. The average Bonchev–Trinajstić information content (AvgIpc) is 2.48. The van der Waals surface area contributed by atoms with Gasteiger partial charge in [-0.15, -0.1) is 0 Å². The fourth-order valence-corrected chi connectivity index (χ4v) is 2.23. The van der Waals surface area contributed by atoms with Crippen molar-refractivity contribution in [2.45, 2.75) is 19.9 Å². The first-order chi connectivity index (χ1) is 10.1. The molecule has 0 saturated heterocycles. The van der Waals surface area contributed by atoms with E-state index in [2.05, 4.69) is 31.3 Å². The summed E-state index contributed by atoms with van der Waals surface area (Å²) in [6, 6.07) is 17.7. The van der Waals surface area contributed by atoms with Crippen LogP contribution < -0.4 is 11.1 Å². The molecule has 0 aliphatic rings. The normalized spacial score (nSPS) is 12.3. The summed E-state index contributed by atoms with van der Waals surface area (Å²) in [5.74, 6) is 0.124. The third-order valence-corrected chi connectivity index (χ3v) is 3.37. The van der Waals surface area contributed by atoms with Gasteiger partial charge in [0.05, 0.1) is 0 Å². The number of hydrogen-bond acceptors (Lipinski definition) is 2. The Morgan fingerprint density at radius 2 is 1.57 bits per heavy atom. The molecule has 2 aromatic carbocycles. The van der Waals surface area contributed by atoms with E-state index in [1.54, 1.807) is 0 Å². The SMILES string of the molecule is CC(C)CNC(C(N)=O)c1ccc(-c2ccccc2)cc1. The summed E-state index contributed by atoms with van der Waals surface area (Å²) in [7, 11) is 0. The zero-order valence-electron chi connectivity index (χ0n) is 12.5. The number of nitrogens with one attached hydrogen (secondary N) is 1. The minimum Gasteiger partial charge on any atom is -0.368 e. The molecule has 0 fully saturated rings. The van der Waals surface area contributed by atoms with Crippen molar-refractivity contribution in [2.24, 2.45) is 11.7 Å². The van der Waals surface area contributed by atoms with Crippen LogP contribution in [-0.2, 0) is 4.79 Å². The van der Waals surface area contributed by atoms with E-state index in [1.807, 2.05) is 42.5 Å². The van der Waals surface area contributed by atoms with Crippen LogP contribution in [0, 0.1) is 5.92 Å². The van der Waals surface area contributed by atoms with Crippen molar-refractivity contribution in [1.82, 2.24) is 5.32 Å². The zero-order chi connectivity index (χ0) is 15.2. The van der Waals surface area contributed by atoms with Gasteiger partial charge in [-0.3, -0.25) is 4.79 Å². The van der Waals surface area contributed by atoms with Gasteiger partial charge in [-0.2, -0.15) is 0 Å². The minimum absolute atomic E-state index is 0.344. The maximum absolute atomic E-state index is 11.6. The first kappa shape index (κ1) is 15.3. The van der Waals surface area contributed by atoms with Crippen molar-refractivity contribution in [3.63, 3.8) is 0 Å². The van der Waals surface area contributed by atoms with E-state index < -0.39 is 6.04 Å². The second-order valence-corrected chi connectivity index (χ2v) is 5.63. The summed E-state index contributed by atoms with van der Waals surface area (Å²) >= 11 is 0. The number of nitrogens with two attached hydrogens (primary N) is 1. The number of carbonyl (C=O) groups excluding carboxylic acids is 1. The van der Waals surface area contributed by atoms with Crippen LogP contribution >= 0.6 is 0 Å². The maximum Gasteiger partial charge on any atom is 0.239 e. The average molecular weight is 282 g/mol. The molecule has 2 aromatic rings. The van der Waals surface area contributed by atoms with Crippen LogP contribution in [-0.4, -0.2) is 12.5 Å². The van der Waals surface area contributed by atoms with Crippen LogP contribution in [0.3, 0.4) is 0 Å². The van der Waals surface area contributed by atoms with Gasteiger partial charge in [-0.25, -0.2) is 0 Å². The Kier molecular flexibility index (Phi) is 5.12. The van der Waals surface area contributed by atoms with Crippen molar-refractivity contribution in [3.05, 3.63) is 60.2 Å². The molecule has 110 valence electrons. The van der Waals surface area contributed by atoms with Crippen molar-refractivity contribution < 1.29 is 4.79 Å². The summed E-state index contributed by atoms with van der Waals surface area (Å²) in [5.41, 5.74) is 8.70. The molecule has 0 radical (unpaired) electrons. The van der Waals surface area contributed by atoms with Crippen molar-refractivity contribution in [2.75, 3.05) is 6.54 Å². The third-order valence-electron chi connectivity index (χ3n) is 3.37. The van der Waals surface area contributed by atoms with Gasteiger partial charge < -0.3 is 11.1 Å². The predicted molar refractivity (Wildman–Crippen MR) is 86.7 cm³/mol. The Bertz CT molecular complexity index is 576. The molecule has 0 spiro atoms. The summed E-state index contributed by atoms with van der Waals surface area (Å²) in [5, 5.41) is 3.22. The van der Waals surface area contributed by atoms with Crippen LogP contribution in [0.4, 0.5) is 0 Å². The van der Waals surface area contributed by atoms with Crippen molar-refractivity contribution >= 4 is 5.91 Å². The van der Waals surface area contributed by atoms with Crippen LogP contribution in [0.1, 0.15) is 25.5 Å². The molecule has 1 unspecified atom stereocenters. The predicted octanol–water partition coefficient (Wildman–Crippen LogP) is 3.13.